The molecule has 3 unspecified atom stereocenters. The first-order valence-electron chi connectivity index (χ1n) is 11.6. The average molecular weight is 481 g/mol. The molecule has 0 aromatic heterocycles. The van der Waals surface area contributed by atoms with Crippen molar-refractivity contribution in [3.05, 3.63) is 71.7 Å². The summed E-state index contributed by atoms with van der Waals surface area (Å²) in [7, 11) is 1.57. The third kappa shape index (κ3) is 5.89. The van der Waals surface area contributed by atoms with Gasteiger partial charge < -0.3 is 23.7 Å². The third-order valence-corrected chi connectivity index (χ3v) is 6.13. The van der Waals surface area contributed by atoms with Gasteiger partial charge in [-0.05, 0) is 68.3 Å². The van der Waals surface area contributed by atoms with Crippen LogP contribution in [0.15, 0.2) is 60.6 Å². The first-order chi connectivity index (χ1) is 17.0. The zero-order valence-corrected chi connectivity index (χ0v) is 19.7. The van der Waals surface area contributed by atoms with Crippen molar-refractivity contribution in [2.45, 2.75) is 38.4 Å². The van der Waals surface area contributed by atoms with Crippen LogP contribution in [0.4, 0.5) is 0 Å². The van der Waals surface area contributed by atoms with Crippen LogP contribution in [0.1, 0.15) is 46.9 Å². The molecule has 184 valence electrons. The van der Waals surface area contributed by atoms with Crippen molar-refractivity contribution in [3.8, 4) is 11.5 Å². The highest BCUT2D eigenvalue weighted by Crippen LogP contribution is 2.35. The third-order valence-electron chi connectivity index (χ3n) is 6.13. The Hall–Kier alpha value is -3.65. The molecule has 0 saturated heterocycles. The predicted octanol–water partition coefficient (Wildman–Crippen LogP) is 4.13. The van der Waals surface area contributed by atoms with Crippen molar-refractivity contribution < 1.29 is 38.1 Å². The molecule has 3 atom stereocenters. The first-order valence-corrected chi connectivity index (χ1v) is 11.6. The van der Waals surface area contributed by atoms with Gasteiger partial charge in [0.15, 0.2) is 5.78 Å². The summed E-state index contributed by atoms with van der Waals surface area (Å²) in [5, 5.41) is 0. The summed E-state index contributed by atoms with van der Waals surface area (Å²) in [5.74, 6) is 0.264. The van der Waals surface area contributed by atoms with Crippen LogP contribution in [0, 0.1) is 5.92 Å². The Labute approximate surface area is 203 Å². The topological polar surface area (TPSA) is 97.4 Å². The fourth-order valence-electron chi connectivity index (χ4n) is 4.21. The highest BCUT2D eigenvalue weighted by Gasteiger charge is 2.41. The van der Waals surface area contributed by atoms with E-state index in [2.05, 4.69) is 0 Å². The van der Waals surface area contributed by atoms with E-state index in [1.54, 1.807) is 62.6 Å². The lowest BCUT2D eigenvalue weighted by Crippen LogP contribution is -2.42. The fraction of sp³-hybridized carbons (Fsp3) is 0.370. The van der Waals surface area contributed by atoms with Crippen LogP contribution in [-0.4, -0.2) is 50.1 Å². The maximum absolute atomic E-state index is 13.0. The summed E-state index contributed by atoms with van der Waals surface area (Å²) in [4.78, 5) is 37.2. The van der Waals surface area contributed by atoms with Crippen molar-refractivity contribution in [2.24, 2.45) is 5.92 Å². The van der Waals surface area contributed by atoms with Gasteiger partial charge >= 0.3 is 5.97 Å². The van der Waals surface area contributed by atoms with Crippen LogP contribution in [0.2, 0.25) is 0 Å². The number of carbonyl (C=O) groups is 3. The number of hydrogen-bond donors (Lipinski definition) is 0. The first kappa shape index (κ1) is 24.5. The number of ether oxygens (including phenoxy) is 5. The normalized spacial score (nSPS) is 21.3. The minimum Gasteiger partial charge on any atom is -0.497 e. The van der Waals surface area contributed by atoms with Crippen LogP contribution >= 0.6 is 0 Å². The summed E-state index contributed by atoms with van der Waals surface area (Å²) in [5.41, 5.74) is 0.965. The summed E-state index contributed by atoms with van der Waals surface area (Å²) in [6.07, 6.45) is 2.59. The summed E-state index contributed by atoms with van der Waals surface area (Å²) < 4.78 is 27.5. The van der Waals surface area contributed by atoms with Gasteiger partial charge in [0.05, 0.1) is 31.3 Å². The lowest BCUT2D eigenvalue weighted by Gasteiger charge is -2.37. The highest BCUT2D eigenvalue weighted by molar-refractivity contribution is 5.97. The number of benzene rings is 2. The molecular weight excluding hydrogens is 452 g/mol. The van der Waals surface area contributed by atoms with Crippen LogP contribution < -0.4 is 9.47 Å². The van der Waals surface area contributed by atoms with E-state index in [4.69, 9.17) is 23.7 Å². The Balaban J connectivity index is 1.29. The van der Waals surface area contributed by atoms with E-state index < -0.39 is 5.97 Å². The van der Waals surface area contributed by atoms with Gasteiger partial charge in [-0.2, -0.15) is 0 Å². The van der Waals surface area contributed by atoms with Crippen LogP contribution in [0.5, 0.6) is 11.5 Å². The Morgan fingerprint density at radius 2 is 1.66 bits per heavy atom. The molecule has 8 nitrogen and oxygen atoms in total. The van der Waals surface area contributed by atoms with Gasteiger partial charge in [-0.3, -0.25) is 9.59 Å². The number of Topliss-reactive ketones (excluding diaryl/α,β-unsaturated/α-hetero) is 2. The number of carbonyl (C=O) groups excluding carboxylic acids is 3. The van der Waals surface area contributed by atoms with E-state index in [0.29, 0.717) is 48.5 Å². The standard InChI is InChI=1S/C27H28O8/c1-3-32-27(30)18-6-10-20(11-7-18)35-25-16-34-24-14-21(12-13-22(24)26(25)29)33-15-23(28)17-4-8-19(31-2)9-5-17/h4-11,16,21-22,24H,3,12-15H2,1-2H3. The van der Waals surface area contributed by atoms with Crippen molar-refractivity contribution in [3.63, 3.8) is 0 Å². The molecule has 4 rings (SSSR count). The number of methoxy groups -OCH3 is 1. The van der Waals surface area contributed by atoms with Gasteiger partial charge in [0.25, 0.3) is 0 Å². The molecule has 2 aromatic rings. The van der Waals surface area contributed by atoms with Gasteiger partial charge in [-0.15, -0.1) is 0 Å². The van der Waals surface area contributed by atoms with Gasteiger partial charge in [0.2, 0.25) is 11.5 Å². The van der Waals surface area contributed by atoms with E-state index in [1.165, 1.54) is 6.26 Å². The monoisotopic (exact) mass is 480 g/mol. The Morgan fingerprint density at radius 1 is 0.971 bits per heavy atom. The predicted molar refractivity (Wildman–Crippen MR) is 125 cm³/mol. The second kappa shape index (κ2) is 11.2. The number of hydrogen-bond acceptors (Lipinski definition) is 8. The zero-order chi connectivity index (χ0) is 24.8. The molecule has 1 saturated carbocycles. The molecule has 0 N–H and O–H groups in total. The molecule has 0 amide bonds. The Bertz CT molecular complexity index is 1090. The molecule has 0 spiro atoms. The average Bonchev–Trinajstić information content (AvgIpc) is 2.89. The molecule has 0 radical (unpaired) electrons. The molecule has 1 fully saturated rings. The molecule has 1 aliphatic carbocycles. The van der Waals surface area contributed by atoms with E-state index in [0.717, 1.165) is 0 Å². The second-order valence-electron chi connectivity index (χ2n) is 8.37. The molecule has 1 aliphatic heterocycles. The fourth-order valence-corrected chi connectivity index (χ4v) is 4.21. The van der Waals surface area contributed by atoms with Gasteiger partial charge in [-0.25, -0.2) is 4.79 Å². The van der Waals surface area contributed by atoms with E-state index in [1.807, 2.05) is 0 Å². The van der Waals surface area contributed by atoms with Gasteiger partial charge in [-0.1, -0.05) is 0 Å². The summed E-state index contributed by atoms with van der Waals surface area (Å²) in [6, 6.07) is 13.3. The minimum atomic E-state index is -0.414. The molecule has 35 heavy (non-hydrogen) atoms. The minimum absolute atomic E-state index is 0.0334. The van der Waals surface area contributed by atoms with Crippen molar-refractivity contribution in [2.75, 3.05) is 20.3 Å². The van der Waals surface area contributed by atoms with Gasteiger partial charge in [0, 0.05) is 12.0 Å². The second-order valence-corrected chi connectivity index (χ2v) is 8.37. The van der Waals surface area contributed by atoms with Gasteiger partial charge in [0.1, 0.15) is 30.5 Å². The largest absolute Gasteiger partial charge is 0.497 e. The summed E-state index contributed by atoms with van der Waals surface area (Å²) in [6.45, 7) is 2.00. The zero-order valence-electron chi connectivity index (χ0n) is 19.7. The summed E-state index contributed by atoms with van der Waals surface area (Å²) >= 11 is 0. The molecule has 1 heterocycles. The molecule has 2 aromatic carbocycles. The maximum Gasteiger partial charge on any atom is 0.338 e. The number of ketones is 2. The molecule has 2 aliphatic rings. The highest BCUT2D eigenvalue weighted by atomic mass is 16.5. The van der Waals surface area contributed by atoms with Crippen molar-refractivity contribution >= 4 is 17.5 Å². The lowest BCUT2D eigenvalue weighted by molar-refractivity contribution is -0.133. The van der Waals surface area contributed by atoms with Crippen LogP contribution in [0.3, 0.4) is 0 Å². The maximum atomic E-state index is 13.0. The Kier molecular flexibility index (Phi) is 7.82. The lowest BCUT2D eigenvalue weighted by atomic mass is 9.80. The Morgan fingerprint density at radius 3 is 2.34 bits per heavy atom. The van der Waals surface area contributed by atoms with E-state index in [9.17, 15) is 14.4 Å². The van der Waals surface area contributed by atoms with Crippen molar-refractivity contribution in [1.29, 1.82) is 0 Å². The number of fused-ring (bicyclic) bond motifs is 1. The molecular formula is C27H28O8. The quantitative estimate of drug-likeness (QED) is 0.390. The van der Waals surface area contributed by atoms with E-state index in [-0.39, 0.29) is 42.1 Å². The molecule has 0 bridgehead atoms. The molecule has 8 heteroatoms. The van der Waals surface area contributed by atoms with Crippen molar-refractivity contribution in [1.82, 2.24) is 0 Å². The number of allylic oxidation sites excluding steroid dienone is 1. The van der Waals surface area contributed by atoms with Crippen LogP contribution in [-0.2, 0) is 19.0 Å². The smallest absolute Gasteiger partial charge is 0.338 e. The van der Waals surface area contributed by atoms with Crippen LogP contribution in [0.25, 0.3) is 0 Å². The SMILES string of the molecule is CCOC(=O)c1ccc(OC2=COC3CC(OCC(=O)c4ccc(OC)cc4)CCC3C2=O)cc1. The number of esters is 1. The number of rotatable bonds is 9. The van der Waals surface area contributed by atoms with E-state index >= 15 is 0 Å².